The minimum absolute atomic E-state index is 0.0120. The van der Waals surface area contributed by atoms with Gasteiger partial charge in [-0.2, -0.15) is 4.31 Å². The van der Waals surface area contributed by atoms with Crippen molar-refractivity contribution in [2.24, 2.45) is 13.0 Å². The Morgan fingerprint density at radius 3 is 2.50 bits per heavy atom. The van der Waals surface area contributed by atoms with Crippen LogP contribution >= 0.6 is 0 Å². The Balaban J connectivity index is 1.37. The van der Waals surface area contributed by atoms with Crippen molar-refractivity contribution in [3.63, 3.8) is 0 Å². The van der Waals surface area contributed by atoms with E-state index in [2.05, 4.69) is 46.0 Å². The highest BCUT2D eigenvalue weighted by atomic mass is 32.2. The van der Waals surface area contributed by atoms with Gasteiger partial charge in [0, 0.05) is 55.8 Å². The zero-order chi connectivity index (χ0) is 23.7. The van der Waals surface area contributed by atoms with Crippen LogP contribution in [-0.2, 0) is 17.1 Å². The van der Waals surface area contributed by atoms with Gasteiger partial charge in [-0.25, -0.2) is 13.4 Å². The van der Waals surface area contributed by atoms with Crippen LogP contribution in [0.25, 0.3) is 0 Å². The van der Waals surface area contributed by atoms with Crippen molar-refractivity contribution in [3.05, 3.63) is 47.9 Å². The lowest BCUT2D eigenvalue weighted by atomic mass is 9.74. The van der Waals surface area contributed by atoms with E-state index in [1.54, 1.807) is 22.1 Å². The molecule has 3 heterocycles. The molecule has 1 aromatic heterocycles. The summed E-state index contributed by atoms with van der Waals surface area (Å²) in [7, 11) is -1.89. The standard InChI is InChI=1S/C26H34N4O3S/c1-28-17-25(27-19-28)34(32,33)29-14-4-5-15-30-23(16-29)26(24(30)18-31)22-12-10-21(11-13-22)9-8-20-6-2-3-7-20/h10-13,17,19-20,23-24,26,31H,2-7,14-16,18H2,1H3/t23-,24+,26+/m1/s1. The largest absolute Gasteiger partial charge is 0.395 e. The predicted octanol–water partition coefficient (Wildman–Crippen LogP) is 2.58. The maximum Gasteiger partial charge on any atom is 0.262 e. The second-order valence-corrected chi connectivity index (χ2v) is 11.8. The van der Waals surface area contributed by atoms with Crippen LogP contribution in [0.15, 0.2) is 41.8 Å². The van der Waals surface area contributed by atoms with Crippen LogP contribution in [0, 0.1) is 17.8 Å². The monoisotopic (exact) mass is 482 g/mol. The van der Waals surface area contributed by atoms with E-state index in [0.29, 0.717) is 19.0 Å². The van der Waals surface area contributed by atoms with Crippen molar-refractivity contribution in [1.82, 2.24) is 18.8 Å². The molecular weight excluding hydrogens is 448 g/mol. The number of aliphatic hydroxyl groups is 1. The van der Waals surface area contributed by atoms with E-state index in [9.17, 15) is 13.5 Å². The summed E-state index contributed by atoms with van der Waals surface area (Å²) in [6.45, 7) is 1.85. The molecule has 34 heavy (non-hydrogen) atoms. The lowest BCUT2D eigenvalue weighted by molar-refractivity contribution is -0.0554. The zero-order valence-electron chi connectivity index (χ0n) is 19.8. The average molecular weight is 483 g/mol. The summed E-state index contributed by atoms with van der Waals surface area (Å²) in [6, 6.07) is 8.41. The molecule has 5 rings (SSSR count). The molecule has 0 spiro atoms. The number of aliphatic hydroxyl groups excluding tert-OH is 1. The molecule has 0 amide bonds. The summed E-state index contributed by atoms with van der Waals surface area (Å²) in [5.74, 6) is 7.36. The van der Waals surface area contributed by atoms with Gasteiger partial charge in [-0.1, -0.05) is 36.8 Å². The molecule has 0 radical (unpaired) electrons. The van der Waals surface area contributed by atoms with Gasteiger partial charge in [0.05, 0.1) is 12.9 Å². The number of nitrogens with zero attached hydrogens (tertiary/aromatic N) is 4. The van der Waals surface area contributed by atoms with Gasteiger partial charge in [-0.3, -0.25) is 4.90 Å². The molecular formula is C26H34N4O3S. The van der Waals surface area contributed by atoms with E-state index in [0.717, 1.165) is 30.5 Å². The number of aryl methyl sites for hydroxylation is 1. The Morgan fingerprint density at radius 2 is 1.82 bits per heavy atom. The highest BCUT2D eigenvalue weighted by Crippen LogP contribution is 2.42. The normalized spacial score (nSPS) is 26.7. The molecule has 2 saturated heterocycles. The molecule has 2 aromatic rings. The van der Waals surface area contributed by atoms with Crippen molar-refractivity contribution >= 4 is 10.0 Å². The van der Waals surface area contributed by atoms with E-state index in [4.69, 9.17) is 0 Å². The van der Waals surface area contributed by atoms with Gasteiger partial charge in [-0.05, 0) is 49.9 Å². The van der Waals surface area contributed by atoms with Gasteiger partial charge in [-0.15, -0.1) is 0 Å². The van der Waals surface area contributed by atoms with Crippen LogP contribution in [-0.4, -0.2) is 70.6 Å². The number of hydrogen-bond donors (Lipinski definition) is 1. The third kappa shape index (κ3) is 4.55. The third-order valence-corrected chi connectivity index (χ3v) is 9.44. The first-order chi connectivity index (χ1) is 16.5. The third-order valence-electron chi connectivity index (χ3n) is 7.69. The molecule has 3 fully saturated rings. The fraction of sp³-hybridized carbons (Fsp3) is 0.577. The van der Waals surface area contributed by atoms with E-state index < -0.39 is 10.0 Å². The summed E-state index contributed by atoms with van der Waals surface area (Å²) in [5.41, 5.74) is 2.16. The van der Waals surface area contributed by atoms with Crippen LogP contribution < -0.4 is 0 Å². The quantitative estimate of drug-likeness (QED) is 0.678. The number of benzene rings is 1. The first kappa shape index (κ1) is 23.6. The first-order valence-corrected chi connectivity index (χ1v) is 13.9. The Bertz CT molecular complexity index is 1160. The van der Waals surface area contributed by atoms with Crippen LogP contribution in [0.2, 0.25) is 0 Å². The fourth-order valence-electron chi connectivity index (χ4n) is 5.83. The maximum atomic E-state index is 13.3. The first-order valence-electron chi connectivity index (χ1n) is 12.4. The molecule has 0 unspecified atom stereocenters. The van der Waals surface area contributed by atoms with E-state index >= 15 is 0 Å². The Hall–Kier alpha value is -2.18. The van der Waals surface area contributed by atoms with Gasteiger partial charge in [0.1, 0.15) is 0 Å². The van der Waals surface area contributed by atoms with Crippen molar-refractivity contribution in [2.75, 3.05) is 26.2 Å². The highest BCUT2D eigenvalue weighted by Gasteiger charge is 2.50. The second-order valence-electron chi connectivity index (χ2n) is 9.90. The number of aromatic nitrogens is 2. The molecule has 3 aliphatic rings. The molecule has 1 aliphatic carbocycles. The number of imidazole rings is 1. The predicted molar refractivity (Wildman–Crippen MR) is 131 cm³/mol. The van der Waals surface area contributed by atoms with Crippen molar-refractivity contribution in [1.29, 1.82) is 0 Å². The van der Waals surface area contributed by atoms with Crippen LogP contribution in [0.4, 0.5) is 0 Å². The van der Waals surface area contributed by atoms with Gasteiger partial charge in [0.25, 0.3) is 10.0 Å². The van der Waals surface area contributed by atoms with Gasteiger partial charge in [0.2, 0.25) is 0 Å². The molecule has 3 atom stereocenters. The van der Waals surface area contributed by atoms with Gasteiger partial charge < -0.3 is 9.67 Å². The van der Waals surface area contributed by atoms with Crippen molar-refractivity contribution in [3.8, 4) is 11.8 Å². The molecule has 1 N–H and O–H groups in total. The number of rotatable bonds is 4. The minimum atomic E-state index is -3.66. The smallest absolute Gasteiger partial charge is 0.262 e. The number of sulfonamides is 1. The lowest BCUT2D eigenvalue weighted by Gasteiger charge is -2.57. The zero-order valence-corrected chi connectivity index (χ0v) is 20.6. The highest BCUT2D eigenvalue weighted by molar-refractivity contribution is 7.89. The second kappa shape index (κ2) is 9.82. The molecule has 7 nitrogen and oxygen atoms in total. The van der Waals surface area contributed by atoms with E-state index in [-0.39, 0.29) is 29.6 Å². The van der Waals surface area contributed by atoms with Crippen LogP contribution in [0.3, 0.4) is 0 Å². The van der Waals surface area contributed by atoms with Gasteiger partial charge >= 0.3 is 0 Å². The summed E-state index contributed by atoms with van der Waals surface area (Å²) in [5, 5.41) is 10.3. The molecule has 1 aromatic carbocycles. The molecule has 0 bridgehead atoms. The van der Waals surface area contributed by atoms with E-state index in [1.807, 2.05) is 0 Å². The van der Waals surface area contributed by atoms with Gasteiger partial charge in [0.15, 0.2) is 5.03 Å². The molecule has 2 aliphatic heterocycles. The minimum Gasteiger partial charge on any atom is -0.395 e. The summed E-state index contributed by atoms with van der Waals surface area (Å²) < 4.78 is 29.9. The van der Waals surface area contributed by atoms with Crippen molar-refractivity contribution < 1.29 is 13.5 Å². The number of hydrogen-bond acceptors (Lipinski definition) is 5. The van der Waals surface area contributed by atoms with E-state index in [1.165, 1.54) is 32.0 Å². The maximum absolute atomic E-state index is 13.3. The summed E-state index contributed by atoms with van der Waals surface area (Å²) in [4.78, 5) is 6.40. The summed E-state index contributed by atoms with van der Waals surface area (Å²) in [6.07, 6.45) is 9.78. The molecule has 8 heteroatoms. The Kier molecular flexibility index (Phi) is 6.81. The number of fused-ring (bicyclic) bond motifs is 1. The Morgan fingerprint density at radius 1 is 1.09 bits per heavy atom. The van der Waals surface area contributed by atoms with Crippen LogP contribution in [0.1, 0.15) is 55.6 Å². The SMILES string of the molecule is Cn1cnc(S(=O)(=O)N2CCCCN3[C@H](C2)[C@H](c2ccc(C#CC4CCCC4)cc2)[C@@H]3CO)c1. The fourth-order valence-corrected chi connectivity index (χ4v) is 7.29. The summed E-state index contributed by atoms with van der Waals surface area (Å²) >= 11 is 0. The molecule has 1 saturated carbocycles. The van der Waals surface area contributed by atoms with Crippen LogP contribution in [0.5, 0.6) is 0 Å². The topological polar surface area (TPSA) is 78.7 Å². The molecule has 182 valence electrons. The Labute approximate surface area is 202 Å². The van der Waals surface area contributed by atoms with Crippen molar-refractivity contribution in [2.45, 2.75) is 61.6 Å². The lowest BCUT2D eigenvalue weighted by Crippen LogP contribution is -2.67. The average Bonchev–Trinajstić information content (AvgIpc) is 3.49.